The Kier molecular flexibility index (Phi) is 10.1. The maximum Gasteiger partial charge on any atom is 0.511 e. The van der Waals surface area contributed by atoms with Crippen LogP contribution >= 0.6 is 24.0 Å². The number of halogens is 4. The van der Waals surface area contributed by atoms with E-state index in [9.17, 15) is 21.6 Å². The largest absolute Gasteiger partial charge is 0.511 e. The molecule has 0 atom stereocenters. The molecule has 0 unspecified atom stereocenters. The number of sulfonamides is 1. The Morgan fingerprint density at radius 2 is 1.80 bits per heavy atom. The topological polar surface area (TPSA) is 83.0 Å². The van der Waals surface area contributed by atoms with Crippen molar-refractivity contribution >= 4 is 40.0 Å². The summed E-state index contributed by atoms with van der Waals surface area (Å²) in [4.78, 5) is 4.12. The molecule has 1 saturated heterocycles. The number of ether oxygens (including phenoxy) is 1. The smallest absolute Gasteiger partial charge is 0.491 e. The van der Waals surface area contributed by atoms with Crippen molar-refractivity contribution in [3.05, 3.63) is 29.8 Å². The number of benzene rings is 1. The summed E-state index contributed by atoms with van der Waals surface area (Å²) in [6.45, 7) is 4.03. The van der Waals surface area contributed by atoms with Crippen molar-refractivity contribution in [2.75, 3.05) is 20.1 Å². The van der Waals surface area contributed by atoms with E-state index in [4.69, 9.17) is 4.74 Å². The molecule has 1 fully saturated rings. The van der Waals surface area contributed by atoms with Gasteiger partial charge in [0, 0.05) is 32.7 Å². The summed E-state index contributed by atoms with van der Waals surface area (Å²) in [6.07, 6.45) is 0.619. The maximum atomic E-state index is 12.6. The van der Waals surface area contributed by atoms with Crippen molar-refractivity contribution in [2.24, 2.45) is 4.99 Å². The minimum atomic E-state index is -5.27. The molecule has 1 heterocycles. The van der Waals surface area contributed by atoms with E-state index in [1.165, 1.54) is 0 Å². The summed E-state index contributed by atoms with van der Waals surface area (Å²) in [5.74, 6) is 1.29. The van der Waals surface area contributed by atoms with E-state index in [1.54, 1.807) is 7.05 Å². The SMILES string of the molecule is CN=C(NCc1ccc(OC(C)C)cc1)NC1CCN(S(=O)(=O)C(F)(F)F)CC1.I. The number of nitrogens with one attached hydrogen (secondary N) is 2. The molecule has 0 amide bonds. The lowest BCUT2D eigenvalue weighted by molar-refractivity contribution is -0.0494. The van der Waals surface area contributed by atoms with Crippen molar-refractivity contribution in [3.63, 3.8) is 0 Å². The van der Waals surface area contributed by atoms with Gasteiger partial charge < -0.3 is 15.4 Å². The molecule has 172 valence electrons. The number of piperidine rings is 1. The second kappa shape index (κ2) is 11.4. The predicted octanol–water partition coefficient (Wildman–Crippen LogP) is 3.07. The lowest BCUT2D eigenvalue weighted by Crippen LogP contribution is -2.51. The Hall–Kier alpha value is -1.28. The number of nitrogens with zero attached hydrogens (tertiary/aromatic N) is 2. The zero-order chi connectivity index (χ0) is 21.7. The zero-order valence-corrected chi connectivity index (χ0v) is 20.2. The first-order valence-corrected chi connectivity index (χ1v) is 10.8. The van der Waals surface area contributed by atoms with Crippen LogP contribution in [0, 0.1) is 0 Å². The molecule has 2 rings (SSSR count). The number of rotatable bonds is 6. The normalized spacial score (nSPS) is 16.8. The quantitative estimate of drug-likeness (QED) is 0.316. The van der Waals surface area contributed by atoms with E-state index in [1.807, 2.05) is 38.1 Å². The van der Waals surface area contributed by atoms with Gasteiger partial charge in [0.2, 0.25) is 0 Å². The molecule has 2 N–H and O–H groups in total. The van der Waals surface area contributed by atoms with Crippen LogP contribution in [-0.2, 0) is 16.6 Å². The van der Waals surface area contributed by atoms with Crippen LogP contribution in [0.1, 0.15) is 32.3 Å². The van der Waals surface area contributed by atoms with Crippen LogP contribution in [0.3, 0.4) is 0 Å². The maximum absolute atomic E-state index is 12.6. The summed E-state index contributed by atoms with van der Waals surface area (Å²) in [5, 5.41) is 6.28. The average Bonchev–Trinajstić information content (AvgIpc) is 2.65. The van der Waals surface area contributed by atoms with Crippen LogP contribution in [0.4, 0.5) is 13.2 Å². The molecule has 12 heteroatoms. The van der Waals surface area contributed by atoms with Crippen molar-refractivity contribution in [1.82, 2.24) is 14.9 Å². The van der Waals surface area contributed by atoms with Gasteiger partial charge in [-0.25, -0.2) is 8.42 Å². The molecule has 0 bridgehead atoms. The highest BCUT2D eigenvalue weighted by atomic mass is 127. The van der Waals surface area contributed by atoms with Crippen molar-refractivity contribution in [1.29, 1.82) is 0 Å². The third kappa shape index (κ3) is 7.45. The fourth-order valence-electron chi connectivity index (χ4n) is 2.92. The number of hydrogen-bond donors (Lipinski definition) is 2. The van der Waals surface area contributed by atoms with Crippen LogP contribution in [0.2, 0.25) is 0 Å². The van der Waals surface area contributed by atoms with E-state index >= 15 is 0 Å². The van der Waals surface area contributed by atoms with Crippen molar-refractivity contribution in [3.8, 4) is 5.75 Å². The molecular formula is C18H28F3IN4O3S. The van der Waals surface area contributed by atoms with Gasteiger partial charge in [0.1, 0.15) is 5.75 Å². The average molecular weight is 564 g/mol. The van der Waals surface area contributed by atoms with E-state index in [0.29, 0.717) is 16.8 Å². The molecular weight excluding hydrogens is 536 g/mol. The van der Waals surface area contributed by atoms with Crippen LogP contribution < -0.4 is 15.4 Å². The van der Waals surface area contributed by atoms with Crippen molar-refractivity contribution < 1.29 is 26.3 Å². The van der Waals surface area contributed by atoms with Gasteiger partial charge in [-0.3, -0.25) is 4.99 Å². The third-order valence-electron chi connectivity index (χ3n) is 4.41. The van der Waals surface area contributed by atoms with E-state index < -0.39 is 15.5 Å². The number of aliphatic imine (C=N–C) groups is 1. The van der Waals surface area contributed by atoms with Crippen molar-refractivity contribution in [2.45, 2.75) is 50.9 Å². The summed E-state index contributed by atoms with van der Waals surface area (Å²) < 4.78 is 67.0. The molecule has 0 spiro atoms. The molecule has 7 nitrogen and oxygen atoms in total. The van der Waals surface area contributed by atoms with Gasteiger partial charge >= 0.3 is 15.5 Å². The van der Waals surface area contributed by atoms with Gasteiger partial charge in [-0.15, -0.1) is 24.0 Å². The van der Waals surface area contributed by atoms with Gasteiger partial charge in [-0.2, -0.15) is 17.5 Å². The zero-order valence-electron chi connectivity index (χ0n) is 17.1. The molecule has 30 heavy (non-hydrogen) atoms. The molecule has 1 aliphatic rings. The summed E-state index contributed by atoms with van der Waals surface area (Å²) >= 11 is 0. The van der Waals surface area contributed by atoms with Gasteiger partial charge in [-0.1, -0.05) is 12.1 Å². The first-order valence-electron chi connectivity index (χ1n) is 9.32. The Balaban J connectivity index is 0.00000450. The van der Waals surface area contributed by atoms with Gasteiger partial charge in [-0.05, 0) is 44.4 Å². The van der Waals surface area contributed by atoms with E-state index in [2.05, 4.69) is 15.6 Å². The summed E-state index contributed by atoms with van der Waals surface area (Å²) in [6, 6.07) is 7.45. The second-order valence-corrected chi connectivity index (χ2v) is 8.93. The summed E-state index contributed by atoms with van der Waals surface area (Å²) in [5.41, 5.74) is -4.25. The van der Waals surface area contributed by atoms with Crippen LogP contribution in [0.25, 0.3) is 0 Å². The molecule has 1 aromatic carbocycles. The Bertz CT molecular complexity index is 794. The molecule has 1 aliphatic heterocycles. The van der Waals surface area contributed by atoms with Crippen LogP contribution in [-0.4, -0.2) is 56.5 Å². The van der Waals surface area contributed by atoms with Gasteiger partial charge in [0.25, 0.3) is 0 Å². The highest BCUT2D eigenvalue weighted by molar-refractivity contribution is 14.0. The Morgan fingerprint density at radius 1 is 1.23 bits per heavy atom. The molecule has 0 aromatic heterocycles. The number of alkyl halides is 3. The first kappa shape index (κ1) is 26.8. The first-order chi connectivity index (χ1) is 13.5. The predicted molar refractivity (Wildman–Crippen MR) is 121 cm³/mol. The van der Waals surface area contributed by atoms with E-state index in [0.717, 1.165) is 11.3 Å². The minimum Gasteiger partial charge on any atom is -0.491 e. The minimum absolute atomic E-state index is 0. The molecule has 0 aliphatic carbocycles. The molecule has 0 saturated carbocycles. The standard InChI is InChI=1S/C18H27F3N4O3S.HI/c1-13(2)28-16-6-4-14(5-7-16)12-23-17(22-3)24-15-8-10-25(11-9-15)29(26,27)18(19,20)21;/h4-7,13,15H,8-12H2,1-3H3,(H2,22,23,24);1H. The lowest BCUT2D eigenvalue weighted by Gasteiger charge is -2.32. The second-order valence-electron chi connectivity index (χ2n) is 7.00. The Labute approximate surface area is 192 Å². The number of guanidine groups is 1. The Morgan fingerprint density at radius 3 is 2.27 bits per heavy atom. The monoisotopic (exact) mass is 564 g/mol. The molecule has 1 aromatic rings. The van der Waals surface area contributed by atoms with Gasteiger partial charge in [0.05, 0.1) is 6.10 Å². The fourth-order valence-corrected chi connectivity index (χ4v) is 3.90. The molecule has 0 radical (unpaired) electrons. The third-order valence-corrected chi connectivity index (χ3v) is 6.04. The lowest BCUT2D eigenvalue weighted by atomic mass is 10.1. The van der Waals surface area contributed by atoms with Crippen LogP contribution in [0.15, 0.2) is 29.3 Å². The summed E-state index contributed by atoms with van der Waals surface area (Å²) in [7, 11) is -3.67. The van der Waals surface area contributed by atoms with Crippen LogP contribution in [0.5, 0.6) is 5.75 Å². The fraction of sp³-hybridized carbons (Fsp3) is 0.611. The number of hydrogen-bond acceptors (Lipinski definition) is 4. The van der Waals surface area contributed by atoms with Gasteiger partial charge in [0.15, 0.2) is 5.96 Å². The van der Waals surface area contributed by atoms with E-state index in [-0.39, 0.29) is 62.1 Å². The highest BCUT2D eigenvalue weighted by Crippen LogP contribution is 2.28. The highest BCUT2D eigenvalue weighted by Gasteiger charge is 2.50.